The summed E-state index contributed by atoms with van der Waals surface area (Å²) in [5.74, 6) is 0.856. The fourth-order valence-electron chi connectivity index (χ4n) is 1.46. The van der Waals surface area contributed by atoms with Crippen molar-refractivity contribution in [3.63, 3.8) is 0 Å². The minimum absolute atomic E-state index is 0.0870. The lowest BCUT2D eigenvalue weighted by molar-refractivity contribution is -0.380. The van der Waals surface area contributed by atoms with Gasteiger partial charge in [-0.15, -0.1) is 0 Å². The van der Waals surface area contributed by atoms with Crippen LogP contribution in [0.3, 0.4) is 0 Å². The van der Waals surface area contributed by atoms with Crippen molar-refractivity contribution in [1.29, 1.82) is 0 Å². The maximum absolute atomic E-state index is 10.5. The number of furan rings is 1. The SMILES string of the molecule is C[C@@H](NCc1csc([N+](=O)[O-])c1)c1ccco1. The topological polar surface area (TPSA) is 68.3 Å². The van der Waals surface area contributed by atoms with Gasteiger partial charge in [0, 0.05) is 18.0 Å². The van der Waals surface area contributed by atoms with Crippen LogP contribution in [-0.2, 0) is 6.54 Å². The van der Waals surface area contributed by atoms with Crippen LogP contribution < -0.4 is 5.32 Å². The Kier molecular flexibility index (Phi) is 3.55. The van der Waals surface area contributed by atoms with Gasteiger partial charge in [-0.1, -0.05) is 11.3 Å². The molecule has 0 bridgehead atoms. The minimum Gasteiger partial charge on any atom is -0.468 e. The minimum atomic E-state index is -0.371. The Morgan fingerprint density at radius 1 is 1.65 bits per heavy atom. The molecule has 0 radical (unpaired) electrons. The van der Waals surface area contributed by atoms with E-state index in [2.05, 4.69) is 5.32 Å². The smallest absolute Gasteiger partial charge is 0.324 e. The number of nitro groups is 1. The lowest BCUT2D eigenvalue weighted by Gasteiger charge is -2.09. The van der Waals surface area contributed by atoms with E-state index in [9.17, 15) is 10.1 Å². The molecule has 2 heterocycles. The molecule has 0 fully saturated rings. The largest absolute Gasteiger partial charge is 0.468 e. The summed E-state index contributed by atoms with van der Waals surface area (Å²) in [6, 6.07) is 5.41. The molecule has 0 spiro atoms. The average Bonchev–Trinajstić information content (AvgIpc) is 2.97. The lowest BCUT2D eigenvalue weighted by atomic mass is 10.2. The molecule has 90 valence electrons. The molecule has 0 amide bonds. The molecule has 17 heavy (non-hydrogen) atoms. The number of rotatable bonds is 5. The summed E-state index contributed by atoms with van der Waals surface area (Å²) in [5.41, 5.74) is 0.917. The molecule has 0 aliphatic heterocycles. The summed E-state index contributed by atoms with van der Waals surface area (Å²) < 4.78 is 5.26. The van der Waals surface area contributed by atoms with Crippen molar-refractivity contribution in [2.24, 2.45) is 0 Å². The number of nitrogens with zero attached hydrogens (tertiary/aromatic N) is 1. The molecule has 2 rings (SSSR count). The van der Waals surface area contributed by atoms with Gasteiger partial charge < -0.3 is 9.73 Å². The van der Waals surface area contributed by atoms with E-state index in [1.807, 2.05) is 19.1 Å². The highest BCUT2D eigenvalue weighted by molar-refractivity contribution is 7.13. The third-order valence-electron chi connectivity index (χ3n) is 2.40. The molecular weight excluding hydrogens is 240 g/mol. The molecule has 1 N–H and O–H groups in total. The van der Waals surface area contributed by atoms with Gasteiger partial charge in [0.05, 0.1) is 17.2 Å². The fraction of sp³-hybridized carbons (Fsp3) is 0.273. The number of thiophene rings is 1. The van der Waals surface area contributed by atoms with Crippen LogP contribution in [0.4, 0.5) is 5.00 Å². The first kappa shape index (κ1) is 11.8. The van der Waals surface area contributed by atoms with Crippen LogP contribution >= 0.6 is 11.3 Å². The van der Waals surface area contributed by atoms with Crippen molar-refractivity contribution in [3.05, 3.63) is 51.3 Å². The zero-order chi connectivity index (χ0) is 12.3. The van der Waals surface area contributed by atoms with E-state index in [0.717, 1.165) is 22.7 Å². The van der Waals surface area contributed by atoms with Crippen LogP contribution in [0.1, 0.15) is 24.3 Å². The van der Waals surface area contributed by atoms with Crippen molar-refractivity contribution in [3.8, 4) is 0 Å². The predicted octanol–water partition coefficient (Wildman–Crippen LogP) is 3.10. The van der Waals surface area contributed by atoms with Gasteiger partial charge in [-0.3, -0.25) is 10.1 Å². The molecule has 1 atom stereocenters. The Bertz CT molecular complexity index is 493. The van der Waals surface area contributed by atoms with Crippen molar-refractivity contribution < 1.29 is 9.34 Å². The van der Waals surface area contributed by atoms with Gasteiger partial charge in [0.2, 0.25) is 0 Å². The molecule has 2 aromatic heterocycles. The lowest BCUT2D eigenvalue weighted by Crippen LogP contribution is -2.17. The Morgan fingerprint density at radius 2 is 2.47 bits per heavy atom. The monoisotopic (exact) mass is 252 g/mol. The molecule has 6 heteroatoms. The van der Waals surface area contributed by atoms with Gasteiger partial charge in [-0.2, -0.15) is 0 Å². The Balaban J connectivity index is 1.91. The maximum atomic E-state index is 10.5. The van der Waals surface area contributed by atoms with Gasteiger partial charge >= 0.3 is 5.00 Å². The Labute approximate surface area is 102 Å². The quantitative estimate of drug-likeness (QED) is 0.655. The van der Waals surface area contributed by atoms with Crippen molar-refractivity contribution in [2.75, 3.05) is 0 Å². The summed E-state index contributed by atoms with van der Waals surface area (Å²) in [6.07, 6.45) is 1.63. The van der Waals surface area contributed by atoms with Crippen LogP contribution in [0, 0.1) is 10.1 Å². The van der Waals surface area contributed by atoms with Gasteiger partial charge in [-0.05, 0) is 24.6 Å². The number of hydrogen-bond donors (Lipinski definition) is 1. The first-order valence-corrected chi connectivity index (χ1v) is 6.03. The molecule has 0 aromatic carbocycles. The second-order valence-electron chi connectivity index (χ2n) is 3.67. The highest BCUT2D eigenvalue weighted by Crippen LogP contribution is 2.23. The third kappa shape index (κ3) is 2.92. The van der Waals surface area contributed by atoms with E-state index in [4.69, 9.17) is 4.42 Å². The highest BCUT2D eigenvalue weighted by Gasteiger charge is 2.11. The summed E-state index contributed by atoms with van der Waals surface area (Å²) in [4.78, 5) is 10.1. The second-order valence-corrected chi connectivity index (χ2v) is 4.56. The van der Waals surface area contributed by atoms with E-state index < -0.39 is 0 Å². The van der Waals surface area contributed by atoms with E-state index in [0.29, 0.717) is 6.54 Å². The van der Waals surface area contributed by atoms with Gasteiger partial charge in [0.1, 0.15) is 5.76 Å². The number of nitrogens with one attached hydrogen (secondary N) is 1. The van der Waals surface area contributed by atoms with Gasteiger partial charge in [-0.25, -0.2) is 0 Å². The predicted molar refractivity (Wildman–Crippen MR) is 64.9 cm³/mol. The molecule has 0 aliphatic rings. The Hall–Kier alpha value is -1.66. The fourth-order valence-corrected chi connectivity index (χ4v) is 2.19. The molecule has 0 aliphatic carbocycles. The van der Waals surface area contributed by atoms with E-state index in [-0.39, 0.29) is 16.0 Å². The molecule has 5 nitrogen and oxygen atoms in total. The van der Waals surface area contributed by atoms with Crippen LogP contribution in [0.25, 0.3) is 0 Å². The summed E-state index contributed by atoms with van der Waals surface area (Å²) in [5, 5.41) is 15.7. The van der Waals surface area contributed by atoms with Crippen LogP contribution in [-0.4, -0.2) is 4.92 Å². The van der Waals surface area contributed by atoms with E-state index in [1.54, 1.807) is 17.7 Å². The van der Waals surface area contributed by atoms with Crippen molar-refractivity contribution in [2.45, 2.75) is 19.5 Å². The maximum Gasteiger partial charge on any atom is 0.324 e. The molecular formula is C11H12N2O3S. The van der Waals surface area contributed by atoms with Crippen molar-refractivity contribution in [1.82, 2.24) is 5.32 Å². The first-order chi connectivity index (χ1) is 8.16. The highest BCUT2D eigenvalue weighted by atomic mass is 32.1. The van der Waals surface area contributed by atoms with Gasteiger partial charge in [0.15, 0.2) is 0 Å². The first-order valence-electron chi connectivity index (χ1n) is 5.15. The van der Waals surface area contributed by atoms with E-state index in [1.165, 1.54) is 0 Å². The summed E-state index contributed by atoms with van der Waals surface area (Å²) in [7, 11) is 0. The molecule has 0 saturated heterocycles. The zero-order valence-corrected chi connectivity index (χ0v) is 10.1. The van der Waals surface area contributed by atoms with Gasteiger partial charge in [0.25, 0.3) is 0 Å². The molecule has 0 unspecified atom stereocenters. The summed E-state index contributed by atoms with van der Waals surface area (Å²) in [6.45, 7) is 2.58. The van der Waals surface area contributed by atoms with Crippen LogP contribution in [0.2, 0.25) is 0 Å². The molecule has 0 saturated carbocycles. The number of hydrogen-bond acceptors (Lipinski definition) is 5. The van der Waals surface area contributed by atoms with Crippen LogP contribution in [0.5, 0.6) is 0 Å². The molecule has 2 aromatic rings. The van der Waals surface area contributed by atoms with E-state index >= 15 is 0 Å². The standard InChI is InChI=1S/C11H12N2O3S/c1-8(10-3-2-4-16-10)12-6-9-5-11(13(14)15)17-7-9/h2-5,7-8,12H,6H2,1H3/t8-/m1/s1. The average molecular weight is 252 g/mol. The third-order valence-corrected chi connectivity index (χ3v) is 3.33. The van der Waals surface area contributed by atoms with Crippen LogP contribution in [0.15, 0.2) is 34.3 Å². The summed E-state index contributed by atoms with van der Waals surface area (Å²) >= 11 is 1.14. The Morgan fingerprint density at radius 3 is 3.06 bits per heavy atom. The van der Waals surface area contributed by atoms with Crippen molar-refractivity contribution >= 4 is 16.3 Å². The second kappa shape index (κ2) is 5.11. The zero-order valence-electron chi connectivity index (χ0n) is 9.25. The normalized spacial score (nSPS) is 12.5.